The van der Waals surface area contributed by atoms with Crippen LogP contribution in [0.25, 0.3) is 0 Å². The zero-order chi connectivity index (χ0) is 28.0. The van der Waals surface area contributed by atoms with E-state index in [0.717, 1.165) is 4.31 Å². The third kappa shape index (κ3) is 6.71. The van der Waals surface area contributed by atoms with Gasteiger partial charge in [-0.05, 0) is 63.6 Å². The van der Waals surface area contributed by atoms with Crippen LogP contribution < -0.4 is 9.62 Å². The van der Waals surface area contributed by atoms with Crippen LogP contribution in [0.1, 0.15) is 31.9 Å². The first-order valence-electron chi connectivity index (χ1n) is 12.1. The summed E-state index contributed by atoms with van der Waals surface area (Å²) in [6.07, 6.45) is 0. The van der Waals surface area contributed by atoms with Gasteiger partial charge in [0.1, 0.15) is 18.4 Å². The van der Waals surface area contributed by atoms with Gasteiger partial charge in [0.15, 0.2) is 0 Å². The van der Waals surface area contributed by atoms with Gasteiger partial charge < -0.3 is 10.2 Å². The second kappa shape index (κ2) is 12.4. The van der Waals surface area contributed by atoms with Gasteiger partial charge in [0.25, 0.3) is 10.0 Å². The van der Waals surface area contributed by atoms with Gasteiger partial charge in [0.05, 0.1) is 10.6 Å². The van der Waals surface area contributed by atoms with Crippen molar-refractivity contribution in [2.45, 2.75) is 51.2 Å². The molecule has 0 aliphatic carbocycles. The number of hydrogen-bond donors (Lipinski definition) is 1. The molecule has 0 bridgehead atoms. The summed E-state index contributed by atoms with van der Waals surface area (Å²) in [6, 6.07) is 17.2. The van der Waals surface area contributed by atoms with E-state index in [1.807, 2.05) is 0 Å². The number of halogens is 2. The van der Waals surface area contributed by atoms with Crippen LogP contribution in [-0.4, -0.2) is 43.8 Å². The summed E-state index contributed by atoms with van der Waals surface area (Å²) in [5.41, 5.74) is 0.883. The molecular weight excluding hydrogens is 529 g/mol. The third-order valence-electron chi connectivity index (χ3n) is 6.01. The van der Waals surface area contributed by atoms with Crippen molar-refractivity contribution in [3.63, 3.8) is 0 Å². The first kappa shape index (κ1) is 29.1. The second-order valence-electron chi connectivity index (χ2n) is 9.16. The molecule has 202 valence electrons. The molecule has 0 radical (unpaired) electrons. The molecule has 3 rings (SSSR count). The first-order chi connectivity index (χ1) is 17.9. The van der Waals surface area contributed by atoms with Gasteiger partial charge >= 0.3 is 0 Å². The maximum atomic E-state index is 14.6. The van der Waals surface area contributed by atoms with E-state index in [1.54, 1.807) is 63.2 Å². The highest BCUT2D eigenvalue weighted by atomic mass is 35.5. The lowest BCUT2D eigenvalue weighted by Crippen LogP contribution is -2.52. The molecule has 10 heteroatoms. The highest BCUT2D eigenvalue weighted by molar-refractivity contribution is 7.92. The summed E-state index contributed by atoms with van der Waals surface area (Å²) in [7, 11) is -4.22. The van der Waals surface area contributed by atoms with Gasteiger partial charge in [0.2, 0.25) is 11.8 Å². The molecule has 0 fully saturated rings. The van der Waals surface area contributed by atoms with Gasteiger partial charge in [-0.1, -0.05) is 54.1 Å². The number of nitrogens with zero attached hydrogens (tertiary/aromatic N) is 2. The Balaban J connectivity index is 2.08. The Kier molecular flexibility index (Phi) is 9.51. The molecule has 0 aromatic heterocycles. The molecule has 0 spiro atoms. The van der Waals surface area contributed by atoms with E-state index in [0.29, 0.717) is 10.6 Å². The van der Waals surface area contributed by atoms with Gasteiger partial charge in [-0.15, -0.1) is 0 Å². The monoisotopic (exact) mass is 559 g/mol. The zero-order valence-electron chi connectivity index (χ0n) is 21.7. The lowest BCUT2D eigenvalue weighted by atomic mass is 10.1. The fraction of sp³-hybridized carbons (Fsp3) is 0.286. The molecule has 2 amide bonds. The second-order valence-corrected chi connectivity index (χ2v) is 11.4. The average molecular weight is 560 g/mol. The van der Waals surface area contributed by atoms with Crippen molar-refractivity contribution in [1.82, 2.24) is 10.2 Å². The van der Waals surface area contributed by atoms with Crippen molar-refractivity contribution in [2.75, 3.05) is 10.8 Å². The van der Waals surface area contributed by atoms with E-state index >= 15 is 0 Å². The normalized spacial score (nSPS) is 12.2. The minimum Gasteiger partial charge on any atom is -0.352 e. The Morgan fingerprint density at radius 3 is 2.21 bits per heavy atom. The average Bonchev–Trinajstić information content (AvgIpc) is 2.88. The van der Waals surface area contributed by atoms with Crippen LogP contribution in [0.3, 0.4) is 0 Å². The molecule has 1 atom stereocenters. The first-order valence-corrected chi connectivity index (χ1v) is 13.9. The predicted octanol–water partition coefficient (Wildman–Crippen LogP) is 4.92. The summed E-state index contributed by atoms with van der Waals surface area (Å²) in [5, 5.41) is 3.09. The van der Waals surface area contributed by atoms with E-state index in [9.17, 15) is 22.4 Å². The molecule has 1 N–H and O–H groups in total. The zero-order valence-corrected chi connectivity index (χ0v) is 23.3. The number of anilines is 1. The van der Waals surface area contributed by atoms with Crippen molar-refractivity contribution < 1.29 is 22.4 Å². The van der Waals surface area contributed by atoms with Crippen molar-refractivity contribution in [2.24, 2.45) is 0 Å². The number of hydrogen-bond acceptors (Lipinski definition) is 4. The molecular formula is C28H31ClFN3O4S. The van der Waals surface area contributed by atoms with Gasteiger partial charge in [-0.3, -0.25) is 13.9 Å². The summed E-state index contributed by atoms with van der Waals surface area (Å²) < 4.78 is 43.1. The number of carbonyl (C=O) groups is 2. The van der Waals surface area contributed by atoms with E-state index in [2.05, 4.69) is 5.32 Å². The predicted molar refractivity (Wildman–Crippen MR) is 147 cm³/mol. The Morgan fingerprint density at radius 2 is 1.58 bits per heavy atom. The summed E-state index contributed by atoms with van der Waals surface area (Å²) >= 11 is 6.31. The number of rotatable bonds is 10. The van der Waals surface area contributed by atoms with Crippen LogP contribution in [0.5, 0.6) is 0 Å². The van der Waals surface area contributed by atoms with Crippen LogP contribution in [-0.2, 0) is 26.2 Å². The quantitative estimate of drug-likeness (QED) is 0.382. The number of carbonyl (C=O) groups excluding carboxylic acids is 2. The van der Waals surface area contributed by atoms with Gasteiger partial charge in [0, 0.05) is 23.2 Å². The Morgan fingerprint density at radius 1 is 0.947 bits per heavy atom. The minimum atomic E-state index is -4.22. The molecule has 3 aromatic carbocycles. The molecule has 0 aliphatic rings. The number of nitrogens with one attached hydrogen (secondary N) is 1. The van der Waals surface area contributed by atoms with Crippen LogP contribution in [0, 0.1) is 12.7 Å². The Hall–Kier alpha value is -3.43. The van der Waals surface area contributed by atoms with Crippen LogP contribution in [0.4, 0.5) is 10.1 Å². The van der Waals surface area contributed by atoms with Crippen LogP contribution >= 0.6 is 11.6 Å². The Bertz CT molecular complexity index is 1400. The summed E-state index contributed by atoms with van der Waals surface area (Å²) in [4.78, 5) is 27.9. The number of benzene rings is 3. The van der Waals surface area contributed by atoms with Crippen molar-refractivity contribution in [1.29, 1.82) is 0 Å². The molecule has 3 aromatic rings. The van der Waals surface area contributed by atoms with Crippen LogP contribution in [0.2, 0.25) is 5.02 Å². The topological polar surface area (TPSA) is 86.8 Å². The lowest BCUT2D eigenvalue weighted by molar-refractivity contribution is -0.139. The maximum absolute atomic E-state index is 14.6. The molecule has 1 unspecified atom stereocenters. The molecule has 0 saturated heterocycles. The number of amides is 2. The van der Waals surface area contributed by atoms with E-state index in [1.165, 1.54) is 42.2 Å². The minimum absolute atomic E-state index is 0.0153. The van der Waals surface area contributed by atoms with Crippen molar-refractivity contribution in [3.05, 3.63) is 94.8 Å². The standard InChI is InChI=1S/C28H31ClFN3O4S/c1-19(2)31-28(35)21(4)32(17-22-11-8-9-15-25(22)30)27(34)18-33(26-16-10-14-24(29)20(26)3)38(36,37)23-12-6-5-7-13-23/h5-16,19,21H,17-18H2,1-4H3,(H,31,35). The molecule has 0 saturated carbocycles. The smallest absolute Gasteiger partial charge is 0.264 e. The number of sulfonamides is 1. The summed E-state index contributed by atoms with van der Waals surface area (Å²) in [5.74, 6) is -1.67. The summed E-state index contributed by atoms with van der Waals surface area (Å²) in [6.45, 7) is 5.88. The molecule has 7 nitrogen and oxygen atoms in total. The largest absolute Gasteiger partial charge is 0.352 e. The van der Waals surface area contributed by atoms with E-state index in [4.69, 9.17) is 11.6 Å². The fourth-order valence-corrected chi connectivity index (χ4v) is 5.56. The van der Waals surface area contributed by atoms with E-state index in [-0.39, 0.29) is 28.7 Å². The van der Waals surface area contributed by atoms with E-state index < -0.39 is 40.2 Å². The van der Waals surface area contributed by atoms with Crippen molar-refractivity contribution >= 4 is 39.1 Å². The fourth-order valence-electron chi connectivity index (χ4n) is 3.90. The van der Waals surface area contributed by atoms with Gasteiger partial charge in [-0.2, -0.15) is 0 Å². The third-order valence-corrected chi connectivity index (χ3v) is 8.20. The molecule has 0 heterocycles. The van der Waals surface area contributed by atoms with Crippen molar-refractivity contribution in [3.8, 4) is 0 Å². The molecule has 0 aliphatic heterocycles. The SMILES string of the molecule is Cc1c(Cl)cccc1N(CC(=O)N(Cc1ccccc1F)C(C)C(=O)NC(C)C)S(=O)(=O)c1ccccc1. The Labute approximate surface area is 228 Å². The maximum Gasteiger partial charge on any atom is 0.264 e. The molecule has 38 heavy (non-hydrogen) atoms. The van der Waals surface area contributed by atoms with Crippen LogP contribution in [0.15, 0.2) is 77.7 Å². The lowest BCUT2D eigenvalue weighted by Gasteiger charge is -2.33. The van der Waals surface area contributed by atoms with Gasteiger partial charge in [-0.25, -0.2) is 12.8 Å². The highest BCUT2D eigenvalue weighted by Crippen LogP contribution is 2.31. The highest BCUT2D eigenvalue weighted by Gasteiger charge is 2.33.